The van der Waals surface area contributed by atoms with Crippen LogP contribution in [0.3, 0.4) is 0 Å². The quantitative estimate of drug-likeness (QED) is 0.714. The average molecular weight is 257 g/mol. The van der Waals surface area contributed by atoms with Gasteiger partial charge in [0.2, 0.25) is 5.78 Å². The zero-order valence-corrected chi connectivity index (χ0v) is 10.1. The second kappa shape index (κ2) is 4.27. The number of nitrogens with zero attached hydrogens (tertiary/aromatic N) is 1. The lowest BCUT2D eigenvalue weighted by atomic mass is 10.1. The normalized spacial score (nSPS) is 10.7. The third kappa shape index (κ3) is 1.89. The summed E-state index contributed by atoms with van der Waals surface area (Å²) in [4.78, 5) is 19.2. The van der Waals surface area contributed by atoms with Gasteiger partial charge in [-0.1, -0.05) is 17.7 Å². The van der Waals surface area contributed by atoms with Gasteiger partial charge in [0.1, 0.15) is 0 Å². The molecule has 0 spiro atoms. The Labute approximate surface area is 108 Å². The van der Waals surface area contributed by atoms with Crippen molar-refractivity contribution in [2.75, 3.05) is 0 Å². The summed E-state index contributed by atoms with van der Waals surface area (Å²) in [5.74, 6) is -0.0512. The Hall–Kier alpha value is -2.13. The number of fused-ring (bicyclic) bond motifs is 1. The minimum absolute atomic E-state index is 0.0512. The summed E-state index contributed by atoms with van der Waals surface area (Å²) >= 11 is 5.91. The molecule has 0 radical (unpaired) electrons. The fraction of sp³-hybridized carbons (Fsp3) is 0. The van der Waals surface area contributed by atoms with Crippen LogP contribution < -0.4 is 0 Å². The maximum atomic E-state index is 12.2. The SMILES string of the molecule is O=C(c1ccncc1)c1cc2ccc(Cl)cc2[nH]1. The van der Waals surface area contributed by atoms with E-state index in [1.165, 1.54) is 0 Å². The van der Waals surface area contributed by atoms with Crippen LogP contribution in [-0.2, 0) is 0 Å². The highest BCUT2D eigenvalue weighted by Crippen LogP contribution is 2.21. The zero-order valence-electron chi connectivity index (χ0n) is 9.35. The van der Waals surface area contributed by atoms with Gasteiger partial charge < -0.3 is 4.98 Å². The molecule has 0 saturated heterocycles. The Morgan fingerprint density at radius 3 is 2.67 bits per heavy atom. The van der Waals surface area contributed by atoms with Gasteiger partial charge in [-0.2, -0.15) is 0 Å². The molecule has 2 aromatic heterocycles. The molecule has 0 aliphatic carbocycles. The first-order valence-electron chi connectivity index (χ1n) is 5.47. The van der Waals surface area contributed by atoms with Gasteiger partial charge >= 0.3 is 0 Å². The summed E-state index contributed by atoms with van der Waals surface area (Å²) in [6.07, 6.45) is 3.21. The van der Waals surface area contributed by atoms with E-state index in [-0.39, 0.29) is 5.78 Å². The first-order chi connectivity index (χ1) is 8.74. The van der Waals surface area contributed by atoms with Crippen LogP contribution in [0.2, 0.25) is 5.02 Å². The van der Waals surface area contributed by atoms with Crippen molar-refractivity contribution in [2.24, 2.45) is 0 Å². The minimum atomic E-state index is -0.0512. The van der Waals surface area contributed by atoms with E-state index in [4.69, 9.17) is 11.6 Å². The number of rotatable bonds is 2. The molecule has 1 aromatic carbocycles. The van der Waals surface area contributed by atoms with Crippen LogP contribution in [0.15, 0.2) is 48.8 Å². The first-order valence-corrected chi connectivity index (χ1v) is 5.85. The molecule has 4 heteroatoms. The van der Waals surface area contributed by atoms with Gasteiger partial charge in [-0.15, -0.1) is 0 Å². The number of carbonyl (C=O) groups excluding carboxylic acids is 1. The Balaban J connectivity index is 2.07. The molecule has 0 saturated carbocycles. The lowest BCUT2D eigenvalue weighted by Gasteiger charge is -1.96. The Bertz CT molecular complexity index is 719. The number of benzene rings is 1. The van der Waals surface area contributed by atoms with Crippen molar-refractivity contribution >= 4 is 28.3 Å². The van der Waals surface area contributed by atoms with Gasteiger partial charge in [-0.05, 0) is 30.3 Å². The third-order valence-electron chi connectivity index (χ3n) is 2.77. The molecule has 88 valence electrons. The van der Waals surface area contributed by atoms with E-state index in [0.29, 0.717) is 16.3 Å². The number of pyridine rings is 1. The van der Waals surface area contributed by atoms with Crippen molar-refractivity contribution in [3.63, 3.8) is 0 Å². The fourth-order valence-electron chi connectivity index (χ4n) is 1.88. The maximum absolute atomic E-state index is 12.2. The largest absolute Gasteiger partial charge is 0.352 e. The molecule has 0 aliphatic rings. The molecule has 3 aromatic rings. The van der Waals surface area contributed by atoms with Gasteiger partial charge in [0.15, 0.2) is 0 Å². The van der Waals surface area contributed by atoms with Crippen LogP contribution in [0.4, 0.5) is 0 Å². The van der Waals surface area contributed by atoms with Gasteiger partial charge in [-0.25, -0.2) is 0 Å². The van der Waals surface area contributed by atoms with Crippen LogP contribution in [-0.4, -0.2) is 15.8 Å². The molecule has 0 atom stereocenters. The summed E-state index contributed by atoms with van der Waals surface area (Å²) in [5, 5.41) is 1.61. The molecule has 0 fully saturated rings. The van der Waals surface area contributed by atoms with Crippen molar-refractivity contribution in [3.8, 4) is 0 Å². The highest BCUT2D eigenvalue weighted by Gasteiger charge is 2.11. The van der Waals surface area contributed by atoms with E-state index in [9.17, 15) is 4.79 Å². The molecule has 2 heterocycles. The van der Waals surface area contributed by atoms with Crippen molar-refractivity contribution < 1.29 is 4.79 Å². The Kier molecular flexibility index (Phi) is 2.61. The van der Waals surface area contributed by atoms with Crippen LogP contribution in [0.5, 0.6) is 0 Å². The van der Waals surface area contributed by atoms with E-state index < -0.39 is 0 Å². The molecule has 0 unspecified atom stereocenters. The van der Waals surface area contributed by atoms with E-state index in [2.05, 4.69) is 9.97 Å². The second-order valence-electron chi connectivity index (χ2n) is 3.98. The average Bonchev–Trinajstić information content (AvgIpc) is 2.81. The number of aromatic amines is 1. The van der Waals surface area contributed by atoms with Crippen molar-refractivity contribution in [1.29, 1.82) is 0 Å². The number of halogens is 1. The van der Waals surface area contributed by atoms with Crippen LogP contribution in [0, 0.1) is 0 Å². The lowest BCUT2D eigenvalue weighted by molar-refractivity contribution is 0.103. The van der Waals surface area contributed by atoms with E-state index in [1.807, 2.05) is 12.1 Å². The molecular formula is C14H9ClN2O. The van der Waals surface area contributed by atoms with Crippen LogP contribution in [0.1, 0.15) is 16.1 Å². The lowest BCUT2D eigenvalue weighted by Crippen LogP contribution is -2.01. The minimum Gasteiger partial charge on any atom is -0.352 e. The molecule has 3 rings (SSSR count). The van der Waals surface area contributed by atoms with E-state index >= 15 is 0 Å². The van der Waals surface area contributed by atoms with E-state index in [1.54, 1.807) is 36.7 Å². The van der Waals surface area contributed by atoms with E-state index in [0.717, 1.165) is 10.9 Å². The van der Waals surface area contributed by atoms with Gasteiger partial charge in [-0.3, -0.25) is 9.78 Å². The summed E-state index contributed by atoms with van der Waals surface area (Å²) in [7, 11) is 0. The molecule has 1 N–H and O–H groups in total. The monoisotopic (exact) mass is 256 g/mol. The van der Waals surface area contributed by atoms with Crippen molar-refractivity contribution in [2.45, 2.75) is 0 Å². The third-order valence-corrected chi connectivity index (χ3v) is 3.01. The summed E-state index contributed by atoms with van der Waals surface area (Å²) in [6.45, 7) is 0. The predicted octanol–water partition coefficient (Wildman–Crippen LogP) is 3.45. The summed E-state index contributed by atoms with van der Waals surface area (Å²) < 4.78 is 0. The highest BCUT2D eigenvalue weighted by atomic mass is 35.5. The number of ketones is 1. The van der Waals surface area contributed by atoms with Crippen LogP contribution >= 0.6 is 11.6 Å². The number of aromatic nitrogens is 2. The second-order valence-corrected chi connectivity index (χ2v) is 4.42. The Morgan fingerprint density at radius 2 is 1.89 bits per heavy atom. The summed E-state index contributed by atoms with van der Waals surface area (Å²) in [6, 6.07) is 10.7. The predicted molar refractivity (Wildman–Crippen MR) is 71.0 cm³/mol. The smallest absolute Gasteiger partial charge is 0.209 e. The highest BCUT2D eigenvalue weighted by molar-refractivity contribution is 6.31. The van der Waals surface area contributed by atoms with Gasteiger partial charge in [0.05, 0.1) is 5.69 Å². The van der Waals surface area contributed by atoms with Crippen molar-refractivity contribution in [1.82, 2.24) is 9.97 Å². The van der Waals surface area contributed by atoms with Gasteiger partial charge in [0.25, 0.3) is 0 Å². The van der Waals surface area contributed by atoms with Crippen molar-refractivity contribution in [3.05, 3.63) is 65.1 Å². The zero-order chi connectivity index (χ0) is 12.5. The topological polar surface area (TPSA) is 45.8 Å². The molecule has 0 aliphatic heterocycles. The molecule has 3 nitrogen and oxygen atoms in total. The molecule has 0 amide bonds. The van der Waals surface area contributed by atoms with Crippen LogP contribution in [0.25, 0.3) is 10.9 Å². The molecular weight excluding hydrogens is 248 g/mol. The first kappa shape index (κ1) is 11.0. The number of H-pyrrole nitrogens is 1. The molecule has 0 bridgehead atoms. The van der Waals surface area contributed by atoms with Gasteiger partial charge in [0, 0.05) is 33.9 Å². The maximum Gasteiger partial charge on any atom is 0.209 e. The molecule has 18 heavy (non-hydrogen) atoms. The number of nitrogens with one attached hydrogen (secondary N) is 1. The Morgan fingerprint density at radius 1 is 1.11 bits per heavy atom. The number of carbonyl (C=O) groups is 1. The fourth-order valence-corrected chi connectivity index (χ4v) is 2.05. The summed E-state index contributed by atoms with van der Waals surface area (Å²) in [5.41, 5.74) is 2.03. The standard InChI is InChI=1S/C14H9ClN2O/c15-11-2-1-10-7-13(17-12(10)8-11)14(18)9-3-5-16-6-4-9/h1-8,17H. The number of hydrogen-bond donors (Lipinski definition) is 1. The number of hydrogen-bond acceptors (Lipinski definition) is 2.